The fourth-order valence-electron chi connectivity index (χ4n) is 2.38. The SMILES string of the molecule is CC(C)C(NC(=O)c1c(F)cccc1F)C(=O)Nc1cccc([N+](=O)[O-])c1. The van der Waals surface area contributed by atoms with Gasteiger partial charge >= 0.3 is 0 Å². The van der Waals surface area contributed by atoms with Crippen molar-refractivity contribution >= 4 is 23.2 Å². The molecule has 7 nitrogen and oxygen atoms in total. The maximum absolute atomic E-state index is 13.8. The molecule has 0 aliphatic carbocycles. The van der Waals surface area contributed by atoms with Gasteiger partial charge in [0, 0.05) is 17.8 Å². The minimum Gasteiger partial charge on any atom is -0.340 e. The average molecular weight is 377 g/mol. The summed E-state index contributed by atoms with van der Waals surface area (Å²) in [7, 11) is 0. The number of nitrogens with one attached hydrogen (secondary N) is 2. The van der Waals surface area contributed by atoms with Gasteiger partial charge in [-0.2, -0.15) is 0 Å². The van der Waals surface area contributed by atoms with Crippen molar-refractivity contribution in [1.29, 1.82) is 0 Å². The van der Waals surface area contributed by atoms with Crippen LogP contribution in [0.3, 0.4) is 0 Å². The molecule has 1 atom stereocenters. The van der Waals surface area contributed by atoms with E-state index in [1.54, 1.807) is 13.8 Å². The molecule has 2 N–H and O–H groups in total. The number of benzene rings is 2. The monoisotopic (exact) mass is 377 g/mol. The Kier molecular flexibility index (Phi) is 6.17. The first-order chi connectivity index (χ1) is 12.7. The molecule has 2 rings (SSSR count). The Morgan fingerprint density at radius 1 is 1.07 bits per heavy atom. The molecule has 0 aliphatic heterocycles. The minimum atomic E-state index is -1.12. The number of anilines is 1. The third-order valence-electron chi connectivity index (χ3n) is 3.75. The van der Waals surface area contributed by atoms with Crippen molar-refractivity contribution in [1.82, 2.24) is 5.32 Å². The molecule has 0 radical (unpaired) electrons. The van der Waals surface area contributed by atoms with Gasteiger partial charge < -0.3 is 10.6 Å². The molecular formula is C18H17F2N3O4. The number of nitro benzene ring substituents is 1. The molecule has 0 aromatic heterocycles. The van der Waals surface area contributed by atoms with E-state index in [-0.39, 0.29) is 11.4 Å². The molecule has 2 aromatic rings. The quantitative estimate of drug-likeness (QED) is 0.596. The highest BCUT2D eigenvalue weighted by molar-refractivity contribution is 6.01. The highest BCUT2D eigenvalue weighted by Crippen LogP contribution is 2.18. The Hall–Kier alpha value is -3.36. The van der Waals surface area contributed by atoms with Gasteiger partial charge in [-0.25, -0.2) is 8.78 Å². The smallest absolute Gasteiger partial charge is 0.271 e. The van der Waals surface area contributed by atoms with Gasteiger partial charge in [-0.3, -0.25) is 19.7 Å². The summed E-state index contributed by atoms with van der Waals surface area (Å²) in [5.41, 5.74) is -0.844. The zero-order valence-corrected chi connectivity index (χ0v) is 14.5. The number of carbonyl (C=O) groups is 2. The molecule has 0 saturated heterocycles. The zero-order chi connectivity index (χ0) is 20.1. The zero-order valence-electron chi connectivity index (χ0n) is 14.5. The molecule has 0 spiro atoms. The highest BCUT2D eigenvalue weighted by atomic mass is 19.1. The second-order valence-corrected chi connectivity index (χ2v) is 6.09. The lowest BCUT2D eigenvalue weighted by Gasteiger charge is -2.22. The average Bonchev–Trinajstić information content (AvgIpc) is 2.59. The van der Waals surface area contributed by atoms with Crippen molar-refractivity contribution in [2.45, 2.75) is 19.9 Å². The number of amides is 2. The summed E-state index contributed by atoms with van der Waals surface area (Å²) < 4.78 is 27.5. The molecule has 0 fully saturated rings. The number of hydrogen-bond acceptors (Lipinski definition) is 4. The van der Waals surface area contributed by atoms with E-state index in [2.05, 4.69) is 10.6 Å². The fraction of sp³-hybridized carbons (Fsp3) is 0.222. The van der Waals surface area contributed by atoms with E-state index < -0.39 is 45.9 Å². The van der Waals surface area contributed by atoms with Crippen LogP contribution in [0, 0.1) is 27.7 Å². The molecule has 0 heterocycles. The van der Waals surface area contributed by atoms with Crippen LogP contribution in [0.25, 0.3) is 0 Å². The van der Waals surface area contributed by atoms with Crippen LogP contribution in [0.15, 0.2) is 42.5 Å². The summed E-state index contributed by atoms with van der Waals surface area (Å²) in [6.07, 6.45) is 0. The number of hydrogen-bond donors (Lipinski definition) is 2. The number of carbonyl (C=O) groups excluding carboxylic acids is 2. The first-order valence-corrected chi connectivity index (χ1v) is 8.01. The Bertz CT molecular complexity index is 866. The molecular weight excluding hydrogens is 360 g/mol. The van der Waals surface area contributed by atoms with Gasteiger partial charge in [-0.05, 0) is 24.1 Å². The number of nitrogens with zero attached hydrogens (tertiary/aromatic N) is 1. The Morgan fingerprint density at radius 2 is 1.67 bits per heavy atom. The second kappa shape index (κ2) is 8.35. The molecule has 27 heavy (non-hydrogen) atoms. The van der Waals surface area contributed by atoms with Crippen molar-refractivity contribution in [2.24, 2.45) is 5.92 Å². The highest BCUT2D eigenvalue weighted by Gasteiger charge is 2.27. The summed E-state index contributed by atoms with van der Waals surface area (Å²) in [5, 5.41) is 15.6. The fourth-order valence-corrected chi connectivity index (χ4v) is 2.38. The Balaban J connectivity index is 2.19. The van der Waals surface area contributed by atoms with Crippen LogP contribution in [0.4, 0.5) is 20.2 Å². The predicted molar refractivity (Wildman–Crippen MR) is 94.2 cm³/mol. The van der Waals surface area contributed by atoms with E-state index in [4.69, 9.17) is 0 Å². The maximum atomic E-state index is 13.8. The second-order valence-electron chi connectivity index (χ2n) is 6.09. The van der Waals surface area contributed by atoms with E-state index in [0.717, 1.165) is 24.3 Å². The lowest BCUT2D eigenvalue weighted by atomic mass is 10.0. The van der Waals surface area contributed by atoms with Crippen molar-refractivity contribution in [3.63, 3.8) is 0 Å². The third kappa shape index (κ3) is 4.84. The summed E-state index contributed by atoms with van der Waals surface area (Å²) in [6.45, 7) is 3.27. The maximum Gasteiger partial charge on any atom is 0.271 e. The number of halogens is 2. The molecule has 0 aliphatic rings. The predicted octanol–water partition coefficient (Wildman–Crippen LogP) is 3.27. The van der Waals surface area contributed by atoms with Gasteiger partial charge in [-0.1, -0.05) is 26.0 Å². The van der Waals surface area contributed by atoms with Crippen molar-refractivity contribution in [3.8, 4) is 0 Å². The van der Waals surface area contributed by atoms with E-state index in [1.165, 1.54) is 18.2 Å². The summed E-state index contributed by atoms with van der Waals surface area (Å²) >= 11 is 0. The molecule has 9 heteroatoms. The molecule has 2 amide bonds. The largest absolute Gasteiger partial charge is 0.340 e. The van der Waals surface area contributed by atoms with Crippen LogP contribution >= 0.6 is 0 Å². The van der Waals surface area contributed by atoms with Crippen LogP contribution in [0.1, 0.15) is 24.2 Å². The van der Waals surface area contributed by atoms with Gasteiger partial charge in [-0.15, -0.1) is 0 Å². The van der Waals surface area contributed by atoms with Crippen molar-refractivity contribution in [3.05, 3.63) is 69.8 Å². The van der Waals surface area contributed by atoms with E-state index in [1.807, 2.05) is 0 Å². The summed E-state index contributed by atoms with van der Waals surface area (Å²) in [5.74, 6) is -4.25. The lowest BCUT2D eigenvalue weighted by Crippen LogP contribution is -2.47. The molecule has 0 saturated carbocycles. The van der Waals surface area contributed by atoms with E-state index in [0.29, 0.717) is 0 Å². The Morgan fingerprint density at radius 3 is 2.22 bits per heavy atom. The van der Waals surface area contributed by atoms with Gasteiger partial charge in [0.1, 0.15) is 23.2 Å². The first-order valence-electron chi connectivity index (χ1n) is 8.01. The lowest BCUT2D eigenvalue weighted by molar-refractivity contribution is -0.384. The minimum absolute atomic E-state index is 0.158. The van der Waals surface area contributed by atoms with Gasteiger partial charge in [0.15, 0.2) is 0 Å². The standard InChI is InChI=1S/C18H17F2N3O4/c1-10(2)16(22-17(24)15-13(19)7-4-8-14(15)20)18(25)21-11-5-3-6-12(9-11)23(26)27/h3-10,16H,1-2H3,(H,21,25)(H,22,24). The van der Waals surface area contributed by atoms with Crippen LogP contribution in [-0.4, -0.2) is 22.8 Å². The van der Waals surface area contributed by atoms with E-state index >= 15 is 0 Å². The molecule has 1 unspecified atom stereocenters. The van der Waals surface area contributed by atoms with E-state index in [9.17, 15) is 28.5 Å². The Labute approximate surface area is 153 Å². The molecule has 2 aromatic carbocycles. The van der Waals surface area contributed by atoms with Crippen LogP contribution in [-0.2, 0) is 4.79 Å². The van der Waals surface area contributed by atoms with Crippen molar-refractivity contribution < 1.29 is 23.3 Å². The normalized spacial score (nSPS) is 11.7. The molecule has 142 valence electrons. The first kappa shape index (κ1) is 20.0. The topological polar surface area (TPSA) is 101 Å². The van der Waals surface area contributed by atoms with Crippen LogP contribution in [0.2, 0.25) is 0 Å². The number of rotatable bonds is 6. The molecule has 0 bridgehead atoms. The van der Waals surface area contributed by atoms with Crippen molar-refractivity contribution in [2.75, 3.05) is 5.32 Å². The van der Waals surface area contributed by atoms with Crippen LogP contribution < -0.4 is 10.6 Å². The number of non-ortho nitro benzene ring substituents is 1. The van der Waals surface area contributed by atoms with Gasteiger partial charge in [0.2, 0.25) is 5.91 Å². The number of nitro groups is 1. The summed E-state index contributed by atoms with van der Waals surface area (Å²) in [4.78, 5) is 34.9. The summed E-state index contributed by atoms with van der Waals surface area (Å²) in [6, 6.07) is 7.14. The van der Waals surface area contributed by atoms with Gasteiger partial charge in [0.05, 0.1) is 4.92 Å². The van der Waals surface area contributed by atoms with Gasteiger partial charge in [0.25, 0.3) is 11.6 Å². The third-order valence-corrected chi connectivity index (χ3v) is 3.75. The van der Waals surface area contributed by atoms with Crippen LogP contribution in [0.5, 0.6) is 0 Å².